The summed E-state index contributed by atoms with van der Waals surface area (Å²) in [5.74, 6) is 0.951. The van der Waals surface area contributed by atoms with Gasteiger partial charge < -0.3 is 4.42 Å². The van der Waals surface area contributed by atoms with E-state index in [2.05, 4.69) is 11.6 Å². The molecule has 0 spiro atoms. The van der Waals surface area contributed by atoms with Gasteiger partial charge in [-0.15, -0.1) is 0 Å². The van der Waals surface area contributed by atoms with Gasteiger partial charge in [-0.05, 0) is 30.3 Å². The number of hydrogen-bond acceptors (Lipinski definition) is 4. The fourth-order valence-corrected chi connectivity index (χ4v) is 2.07. The predicted molar refractivity (Wildman–Crippen MR) is 65.1 cm³/mol. The van der Waals surface area contributed by atoms with E-state index in [4.69, 9.17) is 15.1 Å². The zero-order valence-corrected chi connectivity index (χ0v) is 10.2. The third kappa shape index (κ3) is 2.57. The minimum atomic E-state index is -3.69. The average molecular weight is 270 g/mol. The van der Waals surface area contributed by atoms with E-state index >= 15 is 0 Å². The Hall–Kier alpha value is -1.59. The first-order chi connectivity index (χ1) is 8.00. The number of benzene rings is 1. The maximum atomic E-state index is 11.0. The molecule has 0 saturated carbocycles. The van der Waals surface area contributed by atoms with E-state index in [-0.39, 0.29) is 4.90 Å². The van der Waals surface area contributed by atoms with Gasteiger partial charge in [0, 0.05) is 16.2 Å². The number of oxazole rings is 1. The monoisotopic (exact) mass is 269 g/mol. The quantitative estimate of drug-likeness (QED) is 0.804. The summed E-state index contributed by atoms with van der Waals surface area (Å²) < 4.78 is 27.4. The van der Waals surface area contributed by atoms with Gasteiger partial charge in [-0.25, -0.2) is 13.4 Å². The van der Waals surface area contributed by atoms with Crippen molar-refractivity contribution in [2.24, 2.45) is 0 Å². The molecular weight excluding hydrogens is 262 g/mol. The van der Waals surface area contributed by atoms with Gasteiger partial charge in [-0.1, -0.05) is 6.58 Å². The summed E-state index contributed by atoms with van der Waals surface area (Å²) in [5, 5.41) is 0. The van der Waals surface area contributed by atoms with Crippen LogP contribution in [0.15, 0.2) is 46.4 Å². The van der Waals surface area contributed by atoms with Crippen molar-refractivity contribution < 1.29 is 12.8 Å². The molecule has 0 fully saturated rings. The van der Waals surface area contributed by atoms with Crippen LogP contribution in [0.5, 0.6) is 0 Å². The van der Waals surface area contributed by atoms with Crippen LogP contribution in [-0.2, 0) is 9.05 Å². The molecule has 88 valence electrons. The lowest BCUT2D eigenvalue weighted by molar-refractivity contribution is 0.560. The summed E-state index contributed by atoms with van der Waals surface area (Å²) in [5.41, 5.74) is 0.717. The molecule has 0 atom stereocenters. The second kappa shape index (κ2) is 4.35. The number of nitrogens with zero attached hydrogens (tertiary/aromatic N) is 1. The molecule has 0 bridgehead atoms. The standard InChI is InChI=1S/C11H8ClNO3S/c1-2-11-13-7-10(16-11)8-3-5-9(6-4-8)17(12,14)15/h2-7H,1H2. The Balaban J connectivity index is 2.38. The van der Waals surface area contributed by atoms with E-state index in [1.165, 1.54) is 18.2 Å². The largest absolute Gasteiger partial charge is 0.437 e. The lowest BCUT2D eigenvalue weighted by Crippen LogP contribution is -1.89. The number of aromatic nitrogens is 1. The predicted octanol–water partition coefficient (Wildman–Crippen LogP) is 2.91. The third-order valence-electron chi connectivity index (χ3n) is 2.12. The third-order valence-corrected chi connectivity index (χ3v) is 3.49. The Labute approximate surface area is 103 Å². The maximum absolute atomic E-state index is 11.0. The van der Waals surface area contributed by atoms with Crippen molar-refractivity contribution in [1.82, 2.24) is 4.98 Å². The van der Waals surface area contributed by atoms with Crippen LogP contribution in [0.25, 0.3) is 17.4 Å². The van der Waals surface area contributed by atoms with Gasteiger partial charge in [-0.2, -0.15) is 0 Å². The summed E-state index contributed by atoms with van der Waals surface area (Å²) in [7, 11) is 1.52. The molecule has 0 saturated heterocycles. The molecule has 0 radical (unpaired) electrons. The van der Waals surface area contributed by atoms with Crippen molar-refractivity contribution >= 4 is 25.8 Å². The number of halogens is 1. The molecule has 1 aromatic carbocycles. The summed E-state index contributed by atoms with van der Waals surface area (Å²) >= 11 is 0. The first kappa shape index (κ1) is 11.9. The van der Waals surface area contributed by atoms with Crippen LogP contribution >= 0.6 is 10.7 Å². The van der Waals surface area contributed by atoms with Gasteiger partial charge in [-0.3, -0.25) is 0 Å². The zero-order valence-electron chi connectivity index (χ0n) is 8.63. The highest BCUT2D eigenvalue weighted by Crippen LogP contribution is 2.23. The normalized spacial score (nSPS) is 11.4. The molecule has 0 aliphatic rings. The number of rotatable bonds is 3. The van der Waals surface area contributed by atoms with Crippen LogP contribution < -0.4 is 0 Å². The van der Waals surface area contributed by atoms with Crippen molar-refractivity contribution in [3.05, 3.63) is 42.9 Å². The molecule has 2 rings (SSSR count). The van der Waals surface area contributed by atoms with Crippen molar-refractivity contribution in [2.75, 3.05) is 0 Å². The smallest absolute Gasteiger partial charge is 0.261 e. The fourth-order valence-electron chi connectivity index (χ4n) is 1.30. The highest BCUT2D eigenvalue weighted by atomic mass is 35.7. The van der Waals surface area contributed by atoms with Crippen LogP contribution in [-0.4, -0.2) is 13.4 Å². The van der Waals surface area contributed by atoms with Crippen LogP contribution in [0.3, 0.4) is 0 Å². The highest BCUT2D eigenvalue weighted by Gasteiger charge is 2.10. The van der Waals surface area contributed by atoms with Crippen LogP contribution in [0.1, 0.15) is 5.89 Å². The van der Waals surface area contributed by atoms with Gasteiger partial charge in [0.1, 0.15) is 0 Å². The molecule has 0 aliphatic heterocycles. The Morgan fingerprint density at radius 1 is 1.29 bits per heavy atom. The highest BCUT2D eigenvalue weighted by molar-refractivity contribution is 8.13. The van der Waals surface area contributed by atoms with E-state index in [0.29, 0.717) is 11.7 Å². The van der Waals surface area contributed by atoms with Gasteiger partial charge in [0.05, 0.1) is 11.1 Å². The Kier molecular flexibility index (Phi) is 3.04. The van der Waals surface area contributed by atoms with Gasteiger partial charge in [0.15, 0.2) is 5.76 Å². The van der Waals surface area contributed by atoms with Crippen molar-refractivity contribution in [3.8, 4) is 11.3 Å². The molecule has 17 heavy (non-hydrogen) atoms. The summed E-state index contributed by atoms with van der Waals surface area (Å²) in [6, 6.07) is 6.02. The molecule has 0 unspecified atom stereocenters. The Morgan fingerprint density at radius 3 is 2.41 bits per heavy atom. The molecule has 0 N–H and O–H groups in total. The Morgan fingerprint density at radius 2 is 1.94 bits per heavy atom. The first-order valence-corrected chi connectivity index (χ1v) is 6.95. The lowest BCUT2D eigenvalue weighted by atomic mass is 10.2. The van der Waals surface area contributed by atoms with E-state index in [9.17, 15) is 8.42 Å². The second-order valence-corrected chi connectivity index (χ2v) is 5.80. The summed E-state index contributed by atoms with van der Waals surface area (Å²) in [4.78, 5) is 4.00. The minimum absolute atomic E-state index is 0.0476. The van der Waals surface area contributed by atoms with Crippen molar-refractivity contribution in [3.63, 3.8) is 0 Å². The van der Waals surface area contributed by atoms with Crippen LogP contribution in [0.2, 0.25) is 0 Å². The SMILES string of the molecule is C=Cc1ncc(-c2ccc(S(=O)(=O)Cl)cc2)o1. The minimum Gasteiger partial charge on any atom is -0.437 e. The zero-order chi connectivity index (χ0) is 12.5. The number of hydrogen-bond donors (Lipinski definition) is 0. The molecule has 1 aromatic heterocycles. The van der Waals surface area contributed by atoms with Gasteiger partial charge in [0.2, 0.25) is 5.89 Å². The summed E-state index contributed by atoms with van der Waals surface area (Å²) in [6.45, 7) is 3.53. The van der Waals surface area contributed by atoms with E-state index in [0.717, 1.165) is 5.56 Å². The average Bonchev–Trinajstić information content (AvgIpc) is 2.76. The summed E-state index contributed by atoms with van der Waals surface area (Å²) in [6.07, 6.45) is 3.03. The molecule has 1 heterocycles. The molecule has 0 amide bonds. The van der Waals surface area contributed by atoms with E-state index < -0.39 is 9.05 Å². The molecule has 0 aliphatic carbocycles. The van der Waals surface area contributed by atoms with Crippen LogP contribution in [0, 0.1) is 0 Å². The Bertz CT molecular complexity index is 644. The maximum Gasteiger partial charge on any atom is 0.261 e. The van der Waals surface area contributed by atoms with Crippen molar-refractivity contribution in [1.29, 1.82) is 0 Å². The fraction of sp³-hybridized carbons (Fsp3) is 0. The molecular formula is C11H8ClNO3S. The van der Waals surface area contributed by atoms with E-state index in [1.807, 2.05) is 0 Å². The van der Waals surface area contributed by atoms with Gasteiger partial charge >= 0.3 is 0 Å². The lowest BCUT2D eigenvalue weighted by Gasteiger charge is -1.98. The van der Waals surface area contributed by atoms with Gasteiger partial charge in [0.25, 0.3) is 9.05 Å². The first-order valence-electron chi connectivity index (χ1n) is 4.64. The molecule has 2 aromatic rings. The second-order valence-electron chi connectivity index (χ2n) is 3.23. The topological polar surface area (TPSA) is 60.2 Å². The van der Waals surface area contributed by atoms with Crippen molar-refractivity contribution in [2.45, 2.75) is 4.90 Å². The van der Waals surface area contributed by atoms with Crippen LogP contribution in [0.4, 0.5) is 0 Å². The van der Waals surface area contributed by atoms with E-state index in [1.54, 1.807) is 18.3 Å². The molecule has 6 heteroatoms. The molecule has 4 nitrogen and oxygen atoms in total.